The van der Waals surface area contributed by atoms with Crippen molar-refractivity contribution in [1.82, 2.24) is 5.32 Å². The molecule has 0 aromatic heterocycles. The predicted molar refractivity (Wildman–Crippen MR) is 127 cm³/mol. The molecule has 0 aromatic rings. The van der Waals surface area contributed by atoms with E-state index in [2.05, 4.69) is 5.32 Å². The van der Waals surface area contributed by atoms with Gasteiger partial charge in [0, 0.05) is 20.2 Å². The molecule has 0 saturated carbocycles. The first kappa shape index (κ1) is 28.3. The summed E-state index contributed by atoms with van der Waals surface area (Å²) in [5.74, 6) is -0.538. The molecule has 3 N–H and O–H groups in total. The van der Waals surface area contributed by atoms with Crippen LogP contribution in [0, 0.1) is 5.92 Å². The number of ether oxygens (including phenoxy) is 3. The first-order chi connectivity index (χ1) is 15.3. The first-order valence-corrected chi connectivity index (χ1v) is 11.3. The Morgan fingerprint density at radius 2 is 2.03 bits per heavy atom. The Bertz CT molecular complexity index is 717. The van der Waals surface area contributed by atoms with E-state index in [1.54, 1.807) is 21.0 Å². The van der Waals surface area contributed by atoms with E-state index in [-0.39, 0.29) is 49.1 Å². The lowest BCUT2D eigenvalue weighted by Gasteiger charge is -2.16. The summed E-state index contributed by atoms with van der Waals surface area (Å²) in [5.41, 5.74) is 6.39. The lowest BCUT2D eigenvalue weighted by molar-refractivity contribution is -0.149. The van der Waals surface area contributed by atoms with E-state index in [1.165, 1.54) is 0 Å². The van der Waals surface area contributed by atoms with E-state index in [0.29, 0.717) is 31.0 Å². The molecule has 0 bridgehead atoms. The van der Waals surface area contributed by atoms with Crippen molar-refractivity contribution in [2.24, 2.45) is 11.7 Å². The third-order valence-corrected chi connectivity index (χ3v) is 5.30. The number of nitrogens with two attached hydrogens (primary N) is 1. The number of ketones is 1. The fraction of sp³-hybridized carbons (Fsp3) is 0.583. The Morgan fingerprint density at radius 3 is 2.69 bits per heavy atom. The quantitative estimate of drug-likeness (QED) is 0.216. The number of nitrogens with one attached hydrogen (secondary N) is 1. The molecule has 0 spiro atoms. The Hall–Kier alpha value is -1.77. The van der Waals surface area contributed by atoms with Gasteiger partial charge in [-0.25, -0.2) is 0 Å². The summed E-state index contributed by atoms with van der Waals surface area (Å²) in [6, 6.07) is -0.307. The average molecular weight is 469 g/mol. The van der Waals surface area contributed by atoms with Gasteiger partial charge in [-0.3, -0.25) is 9.59 Å². The minimum atomic E-state index is -0.307. The van der Waals surface area contributed by atoms with Crippen LogP contribution < -0.4 is 11.1 Å². The highest BCUT2D eigenvalue weighted by Gasteiger charge is 2.17. The maximum Gasteiger partial charge on any atom is 0.310 e. The van der Waals surface area contributed by atoms with E-state index >= 15 is 0 Å². The molecule has 1 aliphatic rings. The smallest absolute Gasteiger partial charge is 0.310 e. The van der Waals surface area contributed by atoms with Crippen LogP contribution >= 0.6 is 11.6 Å². The molecule has 4 atom stereocenters. The molecule has 8 heteroatoms. The van der Waals surface area contributed by atoms with Crippen molar-refractivity contribution in [3.63, 3.8) is 0 Å². The molecule has 0 heterocycles. The molecule has 0 fully saturated rings. The lowest BCUT2D eigenvalue weighted by atomic mass is 10.0. The van der Waals surface area contributed by atoms with Crippen LogP contribution in [0.4, 0.5) is 0 Å². The number of methoxy groups -OCH3 is 1. The Balaban J connectivity index is 2.34. The summed E-state index contributed by atoms with van der Waals surface area (Å²) >= 11 is 6.29. The number of Topliss-reactive ketones (excluding diaryl/α,β-unsaturated/α-hetero) is 1. The highest BCUT2D eigenvalue weighted by atomic mass is 35.5. The van der Waals surface area contributed by atoms with Gasteiger partial charge in [-0.1, -0.05) is 48.9 Å². The normalized spacial score (nSPS) is 19.1. The van der Waals surface area contributed by atoms with Gasteiger partial charge in [0.2, 0.25) is 0 Å². The number of allylic oxidation sites excluding steroid dienone is 3. The highest BCUT2D eigenvalue weighted by molar-refractivity contribution is 6.30. The molecule has 4 unspecified atom stereocenters. The summed E-state index contributed by atoms with van der Waals surface area (Å²) in [5, 5.41) is 3.86. The van der Waals surface area contributed by atoms with Crippen molar-refractivity contribution in [2.45, 2.75) is 51.9 Å². The monoisotopic (exact) mass is 468 g/mol. The first-order valence-electron chi connectivity index (χ1n) is 10.9. The lowest BCUT2D eigenvalue weighted by Crippen LogP contribution is -2.35. The van der Waals surface area contributed by atoms with Crippen molar-refractivity contribution < 1.29 is 23.8 Å². The molecular weight excluding hydrogens is 432 g/mol. The number of carbonyl (C=O) groups is 2. The standard InChI is InChI=1S/C24H37ClN2O5/c1-17(16-26)24(29)32-13-12-31-18(2)8-5-6-11-27-22(19(3)28)15-20-9-7-10-23(30-4)21(25)14-20/h5-7,9-10,14,17-18,22-23,27H,8,11-13,15-16,26H2,1-4H3. The minimum absolute atomic E-state index is 0.00979. The third-order valence-electron chi connectivity index (χ3n) is 4.98. The second-order valence-corrected chi connectivity index (χ2v) is 8.22. The predicted octanol–water partition coefficient (Wildman–Crippen LogP) is 3.05. The third kappa shape index (κ3) is 11.2. The van der Waals surface area contributed by atoms with Crippen LogP contribution in [0.1, 0.15) is 33.6 Å². The zero-order valence-electron chi connectivity index (χ0n) is 19.5. The molecule has 0 radical (unpaired) electrons. The van der Waals surface area contributed by atoms with Crippen molar-refractivity contribution in [2.75, 3.05) is 33.4 Å². The summed E-state index contributed by atoms with van der Waals surface area (Å²) in [7, 11) is 1.60. The number of esters is 1. The summed E-state index contributed by atoms with van der Waals surface area (Å²) < 4.78 is 16.0. The van der Waals surface area contributed by atoms with E-state index in [9.17, 15) is 9.59 Å². The van der Waals surface area contributed by atoms with E-state index in [1.807, 2.05) is 43.4 Å². The van der Waals surface area contributed by atoms with Crippen molar-refractivity contribution >= 4 is 23.4 Å². The molecule has 7 nitrogen and oxygen atoms in total. The van der Waals surface area contributed by atoms with Gasteiger partial charge in [0.1, 0.15) is 18.5 Å². The molecular formula is C24H37ClN2O5. The number of rotatable bonds is 15. The Morgan fingerprint density at radius 1 is 1.28 bits per heavy atom. The fourth-order valence-corrected chi connectivity index (χ4v) is 3.17. The van der Waals surface area contributed by atoms with Gasteiger partial charge in [0.25, 0.3) is 0 Å². The molecule has 180 valence electrons. The van der Waals surface area contributed by atoms with Crippen molar-refractivity contribution in [1.29, 1.82) is 0 Å². The van der Waals surface area contributed by atoms with Gasteiger partial charge in [0.05, 0.1) is 29.7 Å². The van der Waals surface area contributed by atoms with Crippen LogP contribution in [0.15, 0.2) is 47.1 Å². The van der Waals surface area contributed by atoms with E-state index in [0.717, 1.165) is 5.57 Å². The van der Waals surface area contributed by atoms with Crippen molar-refractivity contribution in [3.8, 4) is 0 Å². The zero-order chi connectivity index (χ0) is 23.9. The number of carbonyl (C=O) groups excluding carboxylic acids is 2. The average Bonchev–Trinajstić information content (AvgIpc) is 2.94. The van der Waals surface area contributed by atoms with E-state index in [4.69, 9.17) is 31.5 Å². The molecule has 0 amide bonds. The summed E-state index contributed by atoms with van der Waals surface area (Å²) in [6.45, 7) is 6.65. The molecule has 1 aliphatic carbocycles. The van der Waals surface area contributed by atoms with Gasteiger partial charge in [0.15, 0.2) is 0 Å². The van der Waals surface area contributed by atoms with Gasteiger partial charge < -0.3 is 25.3 Å². The Kier molecular flexibility index (Phi) is 14.1. The number of hydrogen-bond donors (Lipinski definition) is 2. The molecule has 1 rings (SSSR count). The molecule has 0 saturated heterocycles. The topological polar surface area (TPSA) is 99.9 Å². The minimum Gasteiger partial charge on any atom is -0.463 e. The fourth-order valence-electron chi connectivity index (χ4n) is 2.87. The van der Waals surface area contributed by atoms with Gasteiger partial charge in [-0.15, -0.1) is 0 Å². The van der Waals surface area contributed by atoms with Crippen LogP contribution in [0.2, 0.25) is 0 Å². The van der Waals surface area contributed by atoms with Crippen LogP contribution in [0.3, 0.4) is 0 Å². The summed E-state index contributed by atoms with van der Waals surface area (Å²) in [4.78, 5) is 23.6. The molecule has 0 aromatic carbocycles. The molecule has 0 aliphatic heterocycles. The SMILES string of the molecule is COC1C=CC=C(CC(NCC=CCC(C)OCCOC(=O)C(C)CN)C(C)=O)C=C1Cl. The van der Waals surface area contributed by atoms with Gasteiger partial charge >= 0.3 is 5.97 Å². The second-order valence-electron chi connectivity index (χ2n) is 7.78. The second kappa shape index (κ2) is 15.9. The summed E-state index contributed by atoms with van der Waals surface area (Å²) in [6.07, 6.45) is 12.5. The zero-order valence-corrected chi connectivity index (χ0v) is 20.3. The van der Waals surface area contributed by atoms with Crippen LogP contribution in [0.5, 0.6) is 0 Å². The highest BCUT2D eigenvalue weighted by Crippen LogP contribution is 2.21. The maximum absolute atomic E-state index is 12.1. The van der Waals surface area contributed by atoms with Crippen LogP contribution in [-0.2, 0) is 23.8 Å². The van der Waals surface area contributed by atoms with Gasteiger partial charge in [-0.05, 0) is 38.3 Å². The number of halogens is 1. The van der Waals surface area contributed by atoms with Crippen molar-refractivity contribution in [3.05, 3.63) is 47.1 Å². The number of hydrogen-bond acceptors (Lipinski definition) is 7. The Labute approximate surface area is 196 Å². The van der Waals surface area contributed by atoms with Crippen LogP contribution in [0.25, 0.3) is 0 Å². The molecule has 32 heavy (non-hydrogen) atoms. The van der Waals surface area contributed by atoms with Gasteiger partial charge in [-0.2, -0.15) is 0 Å². The largest absolute Gasteiger partial charge is 0.463 e. The van der Waals surface area contributed by atoms with E-state index < -0.39 is 0 Å². The maximum atomic E-state index is 12.1. The van der Waals surface area contributed by atoms with Crippen LogP contribution in [-0.4, -0.2) is 63.4 Å².